The molecule has 2 aromatic heterocycles. The molecule has 2 amide bonds. The van der Waals surface area contributed by atoms with Gasteiger partial charge in [0.25, 0.3) is 5.91 Å². The second-order valence-electron chi connectivity index (χ2n) is 10.5. The number of amides is 2. The fraction of sp³-hybridized carbons (Fsp3) is 0.300. The average molecular weight is 513 g/mol. The molecule has 0 bridgehead atoms. The first-order valence-electron chi connectivity index (χ1n) is 12.8. The number of para-hydroxylation sites is 1. The normalized spacial score (nSPS) is 14.4. The summed E-state index contributed by atoms with van der Waals surface area (Å²) in [6.07, 6.45) is 2.93. The Morgan fingerprint density at radius 3 is 2.53 bits per heavy atom. The van der Waals surface area contributed by atoms with Crippen LogP contribution in [0.2, 0.25) is 0 Å². The Hall–Kier alpha value is -4.17. The van der Waals surface area contributed by atoms with Gasteiger partial charge in [-0.25, -0.2) is 4.79 Å². The molecule has 1 aliphatic heterocycles. The third-order valence-electron chi connectivity index (χ3n) is 6.38. The average Bonchev–Trinajstić information content (AvgIpc) is 3.32. The number of hydrogen-bond acceptors (Lipinski definition) is 6. The monoisotopic (exact) mass is 512 g/mol. The van der Waals surface area contributed by atoms with Crippen molar-refractivity contribution >= 4 is 28.7 Å². The lowest BCUT2D eigenvalue weighted by Crippen LogP contribution is -2.49. The number of fused-ring (bicyclic) bond motifs is 1. The zero-order chi connectivity index (χ0) is 26.7. The van der Waals surface area contributed by atoms with E-state index in [9.17, 15) is 9.59 Å². The van der Waals surface area contributed by atoms with E-state index in [1.807, 2.05) is 57.2 Å². The summed E-state index contributed by atoms with van der Waals surface area (Å²) in [5.41, 5.74) is 3.44. The van der Waals surface area contributed by atoms with Crippen LogP contribution >= 0.6 is 0 Å². The molecule has 4 aromatic rings. The van der Waals surface area contributed by atoms with Crippen molar-refractivity contribution in [2.75, 3.05) is 31.5 Å². The van der Waals surface area contributed by atoms with Gasteiger partial charge < -0.3 is 19.4 Å². The van der Waals surface area contributed by atoms with E-state index < -0.39 is 5.60 Å². The van der Waals surface area contributed by atoms with E-state index in [0.717, 1.165) is 36.2 Å². The number of nitrogens with one attached hydrogen (secondary N) is 1. The summed E-state index contributed by atoms with van der Waals surface area (Å²) in [5.74, 6) is 0.459. The third-order valence-corrected chi connectivity index (χ3v) is 6.38. The number of rotatable bonds is 5. The van der Waals surface area contributed by atoms with Crippen molar-refractivity contribution in [2.24, 2.45) is 0 Å². The Morgan fingerprint density at radius 2 is 1.79 bits per heavy atom. The number of anilines is 1. The van der Waals surface area contributed by atoms with E-state index in [1.165, 1.54) is 11.8 Å². The minimum absolute atomic E-state index is 0.226. The highest BCUT2D eigenvalue weighted by Gasteiger charge is 2.26. The minimum Gasteiger partial charge on any atom is -0.456 e. The van der Waals surface area contributed by atoms with Gasteiger partial charge in [0.05, 0.1) is 11.3 Å². The molecule has 8 heteroatoms. The molecule has 8 nitrogen and oxygen atoms in total. The number of carbonyl (C=O) groups is 2. The van der Waals surface area contributed by atoms with Crippen LogP contribution in [0, 0.1) is 0 Å². The number of furan rings is 1. The zero-order valence-electron chi connectivity index (χ0n) is 21.9. The van der Waals surface area contributed by atoms with Gasteiger partial charge in [-0.2, -0.15) is 0 Å². The fourth-order valence-corrected chi connectivity index (χ4v) is 4.50. The topological polar surface area (TPSA) is 87.9 Å². The molecule has 0 atom stereocenters. The molecule has 1 aliphatic rings. The molecular formula is C30H32N4O4. The largest absolute Gasteiger partial charge is 0.456 e. The molecule has 0 unspecified atom stereocenters. The first-order chi connectivity index (χ1) is 18.2. The summed E-state index contributed by atoms with van der Waals surface area (Å²) in [5, 5.41) is 3.97. The summed E-state index contributed by atoms with van der Waals surface area (Å²) >= 11 is 0. The highest BCUT2D eigenvalue weighted by molar-refractivity contribution is 6.06. The van der Waals surface area contributed by atoms with Crippen LogP contribution in [0.15, 0.2) is 77.5 Å². The van der Waals surface area contributed by atoms with Crippen molar-refractivity contribution in [3.05, 3.63) is 84.2 Å². The third kappa shape index (κ3) is 6.03. The number of piperazine rings is 1. The smallest absolute Gasteiger partial charge is 0.410 e. The summed E-state index contributed by atoms with van der Waals surface area (Å²) in [4.78, 5) is 33.2. The number of benzene rings is 2. The predicted octanol–water partition coefficient (Wildman–Crippen LogP) is 5.80. The number of carbonyl (C=O) groups excluding carboxylic acids is 2. The molecule has 0 saturated carbocycles. The summed E-state index contributed by atoms with van der Waals surface area (Å²) < 4.78 is 11.7. The second-order valence-corrected chi connectivity index (χ2v) is 10.5. The maximum atomic E-state index is 12.7. The molecule has 3 heterocycles. The van der Waals surface area contributed by atoms with Gasteiger partial charge in [-0.15, -0.1) is 0 Å². The molecule has 0 spiro atoms. The summed E-state index contributed by atoms with van der Waals surface area (Å²) in [7, 11) is 0. The van der Waals surface area contributed by atoms with Crippen LogP contribution in [0.4, 0.5) is 10.5 Å². The molecule has 0 aliphatic carbocycles. The van der Waals surface area contributed by atoms with E-state index in [2.05, 4.69) is 27.3 Å². The van der Waals surface area contributed by atoms with Crippen LogP contribution in [0.5, 0.6) is 0 Å². The van der Waals surface area contributed by atoms with Crippen LogP contribution in [0.1, 0.15) is 36.7 Å². The van der Waals surface area contributed by atoms with Crippen LogP contribution in [-0.4, -0.2) is 58.6 Å². The van der Waals surface area contributed by atoms with Crippen molar-refractivity contribution in [1.82, 2.24) is 14.8 Å². The van der Waals surface area contributed by atoms with Crippen molar-refractivity contribution < 1.29 is 18.7 Å². The molecule has 5 rings (SSSR count). The molecule has 0 radical (unpaired) electrons. The molecule has 1 fully saturated rings. The first-order valence-corrected chi connectivity index (χ1v) is 12.8. The lowest BCUT2D eigenvalue weighted by molar-refractivity contribution is 0.0139. The van der Waals surface area contributed by atoms with Crippen LogP contribution in [0.3, 0.4) is 0 Å². The maximum Gasteiger partial charge on any atom is 0.410 e. The van der Waals surface area contributed by atoms with Gasteiger partial charge in [0.15, 0.2) is 0 Å². The maximum absolute atomic E-state index is 12.7. The lowest BCUT2D eigenvalue weighted by Gasteiger charge is -2.35. The Labute approximate surface area is 222 Å². The predicted molar refractivity (Wildman–Crippen MR) is 147 cm³/mol. The molecule has 2 aromatic carbocycles. The Bertz CT molecular complexity index is 1430. The van der Waals surface area contributed by atoms with Crippen molar-refractivity contribution in [3.8, 4) is 11.3 Å². The van der Waals surface area contributed by atoms with Gasteiger partial charge >= 0.3 is 6.09 Å². The number of nitrogens with zero attached hydrogens (tertiary/aromatic N) is 3. The van der Waals surface area contributed by atoms with E-state index in [1.54, 1.807) is 23.2 Å². The Balaban J connectivity index is 1.27. The van der Waals surface area contributed by atoms with Gasteiger partial charge in [-0.05, 0) is 68.8 Å². The van der Waals surface area contributed by atoms with Gasteiger partial charge in [0, 0.05) is 56.1 Å². The summed E-state index contributed by atoms with van der Waals surface area (Å²) in [6.45, 7) is 9.32. The highest BCUT2D eigenvalue weighted by atomic mass is 16.6. The van der Waals surface area contributed by atoms with Crippen molar-refractivity contribution in [2.45, 2.75) is 32.9 Å². The van der Waals surface area contributed by atoms with Crippen LogP contribution < -0.4 is 5.32 Å². The molecule has 38 heavy (non-hydrogen) atoms. The number of ether oxygens (including phenoxy) is 1. The Kier molecular flexibility index (Phi) is 7.15. The van der Waals surface area contributed by atoms with Crippen molar-refractivity contribution in [3.63, 3.8) is 0 Å². The standard InChI is InChI=1S/C30H32N4O4/c1-30(2,3)38-29(36)34-15-13-33(14-16-34)20-21-10-11-26-23(17-21)18-27(37-26)24-8-4-5-9-25(24)32-28(35)22-7-6-12-31-19-22/h4-12,17-19H,13-16,20H2,1-3H3,(H,32,35). The van der Waals surface area contributed by atoms with Gasteiger partial charge in [0.2, 0.25) is 0 Å². The van der Waals surface area contributed by atoms with E-state index in [-0.39, 0.29) is 12.0 Å². The summed E-state index contributed by atoms with van der Waals surface area (Å²) in [6, 6.07) is 19.3. The van der Waals surface area contributed by atoms with Crippen LogP contribution in [-0.2, 0) is 11.3 Å². The molecule has 196 valence electrons. The Morgan fingerprint density at radius 1 is 1.00 bits per heavy atom. The molecular weight excluding hydrogens is 480 g/mol. The van der Waals surface area contributed by atoms with Gasteiger partial charge in [-0.1, -0.05) is 18.2 Å². The molecule has 1 N–H and O–H groups in total. The first kappa shape index (κ1) is 25.5. The van der Waals surface area contributed by atoms with Gasteiger partial charge in [-0.3, -0.25) is 14.7 Å². The zero-order valence-corrected chi connectivity index (χ0v) is 21.9. The lowest BCUT2D eigenvalue weighted by atomic mass is 10.1. The quantitative estimate of drug-likeness (QED) is 0.364. The fourth-order valence-electron chi connectivity index (χ4n) is 4.50. The SMILES string of the molecule is CC(C)(C)OC(=O)N1CCN(Cc2ccc3oc(-c4ccccc4NC(=O)c4cccnc4)cc3c2)CC1. The minimum atomic E-state index is -0.488. The van der Waals surface area contributed by atoms with E-state index >= 15 is 0 Å². The second kappa shape index (κ2) is 10.7. The highest BCUT2D eigenvalue weighted by Crippen LogP contribution is 2.33. The number of aromatic nitrogens is 1. The van der Waals surface area contributed by atoms with Crippen LogP contribution in [0.25, 0.3) is 22.3 Å². The number of hydrogen-bond donors (Lipinski definition) is 1. The molecule has 1 saturated heterocycles. The van der Waals surface area contributed by atoms with Gasteiger partial charge in [0.1, 0.15) is 16.9 Å². The van der Waals surface area contributed by atoms with E-state index in [0.29, 0.717) is 30.1 Å². The van der Waals surface area contributed by atoms with Crippen molar-refractivity contribution in [1.29, 1.82) is 0 Å². The van der Waals surface area contributed by atoms with E-state index in [4.69, 9.17) is 9.15 Å². The number of pyridine rings is 1.